The SMILES string of the molecule is CN(C/C=C1\CN(C(C(=O)C2CC2)c2ccccc2F)CCC1S)CCC(=O)O. The topological polar surface area (TPSA) is 60.9 Å². The smallest absolute Gasteiger partial charge is 0.304 e. The molecule has 2 aliphatic rings. The summed E-state index contributed by atoms with van der Waals surface area (Å²) in [6.07, 6.45) is 4.75. The number of aliphatic carboxylic acids is 1. The number of carboxylic acid groups (broad SMARTS) is 1. The molecule has 5 nitrogen and oxygen atoms in total. The largest absolute Gasteiger partial charge is 0.481 e. The standard InChI is InChI=1S/C22H29FN2O3S/c1-24(12-10-20(26)27)11-8-16-14-25(13-9-19(16)29)21(22(28)15-6-7-15)17-4-2-3-5-18(17)23/h2-5,8,15,19,21,29H,6-7,9-14H2,1H3,(H,26,27)/b16-8+. The van der Waals surface area contributed by atoms with Gasteiger partial charge in [0.25, 0.3) is 0 Å². The second-order valence-electron chi connectivity index (χ2n) is 8.06. The summed E-state index contributed by atoms with van der Waals surface area (Å²) in [4.78, 5) is 27.8. The number of thiol groups is 1. The predicted molar refractivity (Wildman–Crippen MR) is 114 cm³/mol. The summed E-state index contributed by atoms with van der Waals surface area (Å²) >= 11 is 4.70. The van der Waals surface area contributed by atoms with Crippen LogP contribution < -0.4 is 0 Å². The molecule has 1 aliphatic carbocycles. The Bertz CT molecular complexity index is 781. The van der Waals surface area contributed by atoms with E-state index in [2.05, 4.69) is 11.0 Å². The van der Waals surface area contributed by atoms with Crippen LogP contribution in [-0.2, 0) is 9.59 Å². The van der Waals surface area contributed by atoms with Gasteiger partial charge in [-0.05, 0) is 37.9 Å². The van der Waals surface area contributed by atoms with Gasteiger partial charge in [0.2, 0.25) is 0 Å². The molecular formula is C22H29FN2O3S. The molecule has 2 atom stereocenters. The minimum Gasteiger partial charge on any atom is -0.481 e. The van der Waals surface area contributed by atoms with Crippen molar-refractivity contribution < 1.29 is 19.1 Å². The summed E-state index contributed by atoms with van der Waals surface area (Å²) in [6, 6.07) is 6.01. The Kier molecular flexibility index (Phi) is 7.49. The molecule has 1 aliphatic heterocycles. The fourth-order valence-electron chi connectivity index (χ4n) is 3.78. The molecule has 1 heterocycles. The normalized spacial score (nSPS) is 22.8. The van der Waals surface area contributed by atoms with Crippen molar-refractivity contribution in [3.8, 4) is 0 Å². The second kappa shape index (κ2) is 9.87. The molecule has 2 unspecified atom stereocenters. The first-order valence-electron chi connectivity index (χ1n) is 10.2. The van der Waals surface area contributed by atoms with E-state index in [1.54, 1.807) is 18.2 Å². The van der Waals surface area contributed by atoms with Crippen LogP contribution in [0.5, 0.6) is 0 Å². The first kappa shape index (κ1) is 22.0. The number of carbonyl (C=O) groups is 2. The van der Waals surface area contributed by atoms with Gasteiger partial charge in [0.1, 0.15) is 5.82 Å². The number of nitrogens with zero attached hydrogens (tertiary/aromatic N) is 2. The molecule has 29 heavy (non-hydrogen) atoms. The first-order chi connectivity index (χ1) is 13.9. The molecule has 1 saturated carbocycles. The van der Waals surface area contributed by atoms with Gasteiger partial charge in [0, 0.05) is 42.9 Å². The number of piperidine rings is 1. The van der Waals surface area contributed by atoms with Crippen LogP contribution in [0.4, 0.5) is 4.39 Å². The second-order valence-corrected chi connectivity index (χ2v) is 8.68. The van der Waals surface area contributed by atoms with Gasteiger partial charge in [-0.25, -0.2) is 4.39 Å². The highest BCUT2D eigenvalue weighted by atomic mass is 32.1. The van der Waals surface area contributed by atoms with E-state index in [4.69, 9.17) is 17.7 Å². The van der Waals surface area contributed by atoms with Gasteiger partial charge < -0.3 is 10.0 Å². The van der Waals surface area contributed by atoms with E-state index >= 15 is 0 Å². The Balaban J connectivity index is 1.75. The molecule has 7 heteroatoms. The van der Waals surface area contributed by atoms with Crippen LogP contribution in [0, 0.1) is 11.7 Å². The Labute approximate surface area is 177 Å². The molecule has 3 rings (SSSR count). The Morgan fingerprint density at radius 2 is 2.07 bits per heavy atom. The van der Waals surface area contributed by atoms with Gasteiger partial charge in [-0.1, -0.05) is 24.3 Å². The number of hydrogen-bond acceptors (Lipinski definition) is 5. The molecule has 2 fully saturated rings. The molecule has 0 aromatic heterocycles. The molecule has 1 aromatic carbocycles. The van der Waals surface area contributed by atoms with Crippen LogP contribution in [0.2, 0.25) is 0 Å². The molecule has 0 spiro atoms. The lowest BCUT2D eigenvalue weighted by Crippen LogP contribution is -2.43. The Hall–Kier alpha value is -1.70. The monoisotopic (exact) mass is 420 g/mol. The lowest BCUT2D eigenvalue weighted by atomic mass is 9.93. The van der Waals surface area contributed by atoms with Crippen molar-refractivity contribution in [1.29, 1.82) is 0 Å². The maximum absolute atomic E-state index is 14.6. The number of hydrogen-bond donors (Lipinski definition) is 2. The maximum Gasteiger partial charge on any atom is 0.304 e. The Morgan fingerprint density at radius 3 is 2.72 bits per heavy atom. The molecule has 1 saturated heterocycles. The molecule has 1 N–H and O–H groups in total. The summed E-state index contributed by atoms with van der Waals surface area (Å²) in [5, 5.41) is 8.92. The summed E-state index contributed by atoms with van der Waals surface area (Å²) in [6.45, 7) is 2.35. The van der Waals surface area contributed by atoms with Crippen molar-refractivity contribution in [2.24, 2.45) is 5.92 Å². The van der Waals surface area contributed by atoms with Crippen LogP contribution in [0.25, 0.3) is 0 Å². The van der Waals surface area contributed by atoms with Crippen LogP contribution in [0.1, 0.15) is 37.3 Å². The number of Topliss-reactive ketones (excluding diaryl/α,β-unsaturated/α-hetero) is 1. The zero-order valence-electron chi connectivity index (χ0n) is 16.8. The van der Waals surface area contributed by atoms with E-state index in [1.807, 2.05) is 11.9 Å². The molecule has 0 radical (unpaired) electrons. The van der Waals surface area contributed by atoms with E-state index in [9.17, 15) is 14.0 Å². The van der Waals surface area contributed by atoms with E-state index in [0.717, 1.165) is 24.8 Å². The van der Waals surface area contributed by atoms with Crippen LogP contribution in [0.15, 0.2) is 35.9 Å². The van der Waals surface area contributed by atoms with Crippen molar-refractivity contribution >= 4 is 24.4 Å². The quantitative estimate of drug-likeness (QED) is 0.475. The third kappa shape index (κ3) is 5.90. The zero-order valence-corrected chi connectivity index (χ0v) is 17.7. The van der Waals surface area contributed by atoms with Gasteiger partial charge in [0.05, 0.1) is 12.5 Å². The molecule has 0 bridgehead atoms. The van der Waals surface area contributed by atoms with Crippen molar-refractivity contribution in [3.63, 3.8) is 0 Å². The maximum atomic E-state index is 14.6. The van der Waals surface area contributed by atoms with Crippen molar-refractivity contribution in [3.05, 3.63) is 47.3 Å². The van der Waals surface area contributed by atoms with E-state index in [1.165, 1.54) is 6.07 Å². The molecule has 0 amide bonds. The highest BCUT2D eigenvalue weighted by Crippen LogP contribution is 2.39. The van der Waals surface area contributed by atoms with E-state index < -0.39 is 12.0 Å². The molecule has 1 aromatic rings. The first-order valence-corrected chi connectivity index (χ1v) is 10.7. The van der Waals surface area contributed by atoms with Crippen LogP contribution in [-0.4, -0.2) is 65.1 Å². The van der Waals surface area contributed by atoms with Crippen molar-refractivity contribution in [2.75, 3.05) is 33.2 Å². The highest BCUT2D eigenvalue weighted by Gasteiger charge is 2.40. The van der Waals surface area contributed by atoms with Gasteiger partial charge in [-0.15, -0.1) is 0 Å². The number of rotatable bonds is 9. The fraction of sp³-hybridized carbons (Fsp3) is 0.545. The number of carbonyl (C=O) groups excluding carboxylic acids is 1. The van der Waals surface area contributed by atoms with E-state index in [-0.39, 0.29) is 29.2 Å². The summed E-state index contributed by atoms with van der Waals surface area (Å²) < 4.78 is 14.6. The number of ketones is 1. The third-order valence-electron chi connectivity index (χ3n) is 5.69. The predicted octanol–water partition coefficient (Wildman–Crippen LogP) is 3.18. The van der Waals surface area contributed by atoms with Gasteiger partial charge in [0.15, 0.2) is 5.78 Å². The lowest BCUT2D eigenvalue weighted by Gasteiger charge is -2.38. The Morgan fingerprint density at radius 1 is 1.34 bits per heavy atom. The fourth-order valence-corrected chi connectivity index (χ4v) is 4.08. The third-order valence-corrected chi connectivity index (χ3v) is 6.28. The number of likely N-dealkylation sites (tertiary alicyclic amines) is 1. The number of likely N-dealkylation sites (N-methyl/N-ethyl adjacent to an activating group) is 1. The average Bonchev–Trinajstić information content (AvgIpc) is 3.53. The van der Waals surface area contributed by atoms with Crippen LogP contribution >= 0.6 is 12.6 Å². The summed E-state index contributed by atoms with van der Waals surface area (Å²) in [5.41, 5.74) is 1.56. The van der Waals surface area contributed by atoms with Gasteiger partial charge in [-0.3, -0.25) is 14.5 Å². The summed E-state index contributed by atoms with van der Waals surface area (Å²) in [5.74, 6) is -0.987. The van der Waals surface area contributed by atoms with Gasteiger partial charge >= 0.3 is 5.97 Å². The van der Waals surface area contributed by atoms with Crippen molar-refractivity contribution in [1.82, 2.24) is 9.80 Å². The summed E-state index contributed by atoms with van der Waals surface area (Å²) in [7, 11) is 1.88. The van der Waals surface area contributed by atoms with E-state index in [0.29, 0.717) is 31.7 Å². The highest BCUT2D eigenvalue weighted by molar-refractivity contribution is 7.81. The molecular weight excluding hydrogens is 391 g/mol. The average molecular weight is 421 g/mol. The minimum absolute atomic E-state index is 0.0444. The van der Waals surface area contributed by atoms with Crippen molar-refractivity contribution in [2.45, 2.75) is 37.0 Å². The number of halogens is 1. The number of benzene rings is 1. The van der Waals surface area contributed by atoms with Crippen LogP contribution in [0.3, 0.4) is 0 Å². The minimum atomic E-state index is -0.813. The molecule has 158 valence electrons. The zero-order chi connectivity index (χ0) is 21.0. The number of carboxylic acids is 1. The van der Waals surface area contributed by atoms with Gasteiger partial charge in [-0.2, -0.15) is 12.6 Å². The lowest BCUT2D eigenvalue weighted by molar-refractivity contribution is -0.137.